The first-order valence-electron chi connectivity index (χ1n) is 3.61. The van der Waals surface area contributed by atoms with E-state index in [9.17, 15) is 0 Å². The third-order valence-corrected chi connectivity index (χ3v) is 2.21. The van der Waals surface area contributed by atoms with E-state index in [1.54, 1.807) is 7.11 Å². The highest BCUT2D eigenvalue weighted by molar-refractivity contribution is 4.78. The summed E-state index contributed by atoms with van der Waals surface area (Å²) in [5.74, 6) is 0.764. The van der Waals surface area contributed by atoms with Crippen LogP contribution >= 0.6 is 0 Å². The van der Waals surface area contributed by atoms with Crippen LogP contribution in [0.5, 0.6) is 0 Å². The standard InChI is InChI=1S/C7H15NO/c1-9-7(5-8)6-3-2-4-6/h6-7H,2-5,8H2,1H3. The van der Waals surface area contributed by atoms with Crippen molar-refractivity contribution in [2.45, 2.75) is 25.4 Å². The van der Waals surface area contributed by atoms with Gasteiger partial charge in [-0.25, -0.2) is 0 Å². The van der Waals surface area contributed by atoms with Crippen LogP contribution in [-0.2, 0) is 4.74 Å². The largest absolute Gasteiger partial charge is 0.380 e. The molecule has 1 aliphatic rings. The first-order chi connectivity index (χ1) is 4.38. The van der Waals surface area contributed by atoms with Crippen molar-refractivity contribution in [2.24, 2.45) is 11.7 Å². The Morgan fingerprint density at radius 3 is 2.44 bits per heavy atom. The number of hydrogen-bond donors (Lipinski definition) is 1. The van der Waals surface area contributed by atoms with Crippen molar-refractivity contribution in [3.05, 3.63) is 0 Å². The second-order valence-corrected chi connectivity index (χ2v) is 2.70. The van der Waals surface area contributed by atoms with Crippen molar-refractivity contribution in [2.75, 3.05) is 13.7 Å². The van der Waals surface area contributed by atoms with Crippen LogP contribution in [0.15, 0.2) is 0 Å². The molecule has 54 valence electrons. The average Bonchev–Trinajstić information content (AvgIpc) is 1.78. The van der Waals surface area contributed by atoms with Crippen LogP contribution in [0.25, 0.3) is 0 Å². The molecule has 1 rings (SSSR count). The first-order valence-corrected chi connectivity index (χ1v) is 3.61. The normalized spacial score (nSPS) is 23.3. The zero-order chi connectivity index (χ0) is 6.69. The number of rotatable bonds is 3. The highest BCUT2D eigenvalue weighted by atomic mass is 16.5. The van der Waals surface area contributed by atoms with Gasteiger partial charge in [-0.3, -0.25) is 0 Å². The van der Waals surface area contributed by atoms with E-state index < -0.39 is 0 Å². The summed E-state index contributed by atoms with van der Waals surface area (Å²) in [5, 5.41) is 0. The fourth-order valence-electron chi connectivity index (χ4n) is 1.29. The Bertz CT molecular complexity index is 77.0. The van der Waals surface area contributed by atoms with Gasteiger partial charge in [0.05, 0.1) is 6.10 Å². The van der Waals surface area contributed by atoms with Gasteiger partial charge in [-0.05, 0) is 18.8 Å². The molecule has 0 saturated heterocycles. The van der Waals surface area contributed by atoms with Crippen molar-refractivity contribution in [1.29, 1.82) is 0 Å². The van der Waals surface area contributed by atoms with Crippen molar-refractivity contribution < 1.29 is 4.74 Å². The zero-order valence-electron chi connectivity index (χ0n) is 5.97. The molecule has 1 saturated carbocycles. The topological polar surface area (TPSA) is 35.2 Å². The summed E-state index contributed by atoms with van der Waals surface area (Å²) >= 11 is 0. The van der Waals surface area contributed by atoms with Crippen LogP contribution in [0.3, 0.4) is 0 Å². The predicted octanol–water partition coefficient (Wildman–Crippen LogP) is 0.760. The maximum absolute atomic E-state index is 5.47. The van der Waals surface area contributed by atoms with E-state index in [0.29, 0.717) is 12.6 Å². The molecule has 2 heteroatoms. The quantitative estimate of drug-likeness (QED) is 0.610. The molecular weight excluding hydrogens is 114 g/mol. The van der Waals surface area contributed by atoms with Gasteiger partial charge in [0.2, 0.25) is 0 Å². The molecule has 0 heterocycles. The zero-order valence-corrected chi connectivity index (χ0v) is 5.97. The van der Waals surface area contributed by atoms with E-state index in [4.69, 9.17) is 10.5 Å². The Kier molecular flexibility index (Phi) is 2.49. The molecule has 0 aromatic rings. The number of nitrogens with two attached hydrogens (primary N) is 1. The third kappa shape index (κ3) is 1.43. The number of hydrogen-bond acceptors (Lipinski definition) is 2. The molecule has 0 aromatic carbocycles. The van der Waals surface area contributed by atoms with Gasteiger partial charge in [-0.2, -0.15) is 0 Å². The van der Waals surface area contributed by atoms with Crippen molar-refractivity contribution in [1.82, 2.24) is 0 Å². The van der Waals surface area contributed by atoms with Crippen LogP contribution in [0.1, 0.15) is 19.3 Å². The van der Waals surface area contributed by atoms with E-state index in [1.807, 2.05) is 0 Å². The molecule has 2 N–H and O–H groups in total. The van der Waals surface area contributed by atoms with Gasteiger partial charge >= 0.3 is 0 Å². The van der Waals surface area contributed by atoms with Crippen LogP contribution in [0.4, 0.5) is 0 Å². The lowest BCUT2D eigenvalue weighted by Gasteiger charge is -2.31. The minimum atomic E-state index is 0.332. The van der Waals surface area contributed by atoms with E-state index in [0.717, 1.165) is 5.92 Å². The third-order valence-electron chi connectivity index (χ3n) is 2.21. The summed E-state index contributed by atoms with van der Waals surface area (Å²) < 4.78 is 5.18. The molecular formula is C7H15NO. The molecule has 1 fully saturated rings. The molecule has 9 heavy (non-hydrogen) atoms. The highest BCUT2D eigenvalue weighted by Crippen LogP contribution is 2.30. The maximum atomic E-state index is 5.47. The first kappa shape index (κ1) is 7.03. The number of ether oxygens (including phenoxy) is 1. The second-order valence-electron chi connectivity index (χ2n) is 2.70. The predicted molar refractivity (Wildman–Crippen MR) is 37.2 cm³/mol. The van der Waals surface area contributed by atoms with Gasteiger partial charge in [0, 0.05) is 13.7 Å². The lowest BCUT2D eigenvalue weighted by atomic mass is 9.81. The Morgan fingerprint density at radius 2 is 2.33 bits per heavy atom. The van der Waals surface area contributed by atoms with Crippen molar-refractivity contribution in [3.8, 4) is 0 Å². The monoisotopic (exact) mass is 129 g/mol. The van der Waals surface area contributed by atoms with E-state index in [-0.39, 0.29) is 0 Å². The Hall–Kier alpha value is -0.0800. The highest BCUT2D eigenvalue weighted by Gasteiger charge is 2.25. The van der Waals surface area contributed by atoms with E-state index >= 15 is 0 Å². The van der Waals surface area contributed by atoms with Gasteiger partial charge in [0.25, 0.3) is 0 Å². The van der Waals surface area contributed by atoms with Gasteiger partial charge in [-0.15, -0.1) is 0 Å². The van der Waals surface area contributed by atoms with Gasteiger partial charge in [-0.1, -0.05) is 6.42 Å². The minimum absolute atomic E-state index is 0.332. The smallest absolute Gasteiger partial charge is 0.0721 e. The number of methoxy groups -OCH3 is 1. The minimum Gasteiger partial charge on any atom is -0.380 e. The van der Waals surface area contributed by atoms with Crippen LogP contribution in [-0.4, -0.2) is 19.8 Å². The van der Waals surface area contributed by atoms with Crippen LogP contribution in [0.2, 0.25) is 0 Å². The molecule has 1 atom stereocenters. The summed E-state index contributed by atoms with van der Waals surface area (Å²) in [4.78, 5) is 0. The van der Waals surface area contributed by atoms with Gasteiger partial charge in [0.15, 0.2) is 0 Å². The summed E-state index contributed by atoms with van der Waals surface area (Å²) in [6.07, 6.45) is 4.33. The molecule has 0 aromatic heterocycles. The maximum Gasteiger partial charge on any atom is 0.0721 e. The van der Waals surface area contributed by atoms with Gasteiger partial charge < -0.3 is 10.5 Å². The van der Waals surface area contributed by atoms with E-state index in [1.165, 1.54) is 19.3 Å². The summed E-state index contributed by atoms with van der Waals surface area (Å²) in [6.45, 7) is 0.682. The Labute approximate surface area is 56.4 Å². The Balaban J connectivity index is 2.19. The van der Waals surface area contributed by atoms with E-state index in [2.05, 4.69) is 0 Å². The second kappa shape index (κ2) is 3.18. The molecule has 0 spiro atoms. The summed E-state index contributed by atoms with van der Waals surface area (Å²) in [6, 6.07) is 0. The van der Waals surface area contributed by atoms with Crippen LogP contribution in [0, 0.1) is 5.92 Å². The lowest BCUT2D eigenvalue weighted by molar-refractivity contribution is 0.0259. The molecule has 2 nitrogen and oxygen atoms in total. The SMILES string of the molecule is COC(CN)C1CCC1. The molecule has 1 aliphatic carbocycles. The van der Waals surface area contributed by atoms with Crippen molar-refractivity contribution >= 4 is 0 Å². The molecule has 1 unspecified atom stereocenters. The average molecular weight is 129 g/mol. The molecule has 0 bridgehead atoms. The fraction of sp³-hybridized carbons (Fsp3) is 1.00. The molecule has 0 radical (unpaired) electrons. The van der Waals surface area contributed by atoms with Crippen molar-refractivity contribution in [3.63, 3.8) is 0 Å². The van der Waals surface area contributed by atoms with Gasteiger partial charge in [0.1, 0.15) is 0 Å². The molecule has 0 amide bonds. The Morgan fingerprint density at radius 1 is 1.67 bits per heavy atom. The summed E-state index contributed by atoms with van der Waals surface area (Å²) in [5.41, 5.74) is 5.47. The van der Waals surface area contributed by atoms with Crippen LogP contribution < -0.4 is 5.73 Å². The summed E-state index contributed by atoms with van der Waals surface area (Å²) in [7, 11) is 1.75. The molecule has 0 aliphatic heterocycles. The fourth-order valence-corrected chi connectivity index (χ4v) is 1.29. The lowest BCUT2D eigenvalue weighted by Crippen LogP contribution is -2.34.